The van der Waals surface area contributed by atoms with Crippen molar-refractivity contribution in [3.63, 3.8) is 0 Å². The normalized spacial score (nSPS) is 19.7. The van der Waals surface area contributed by atoms with Gasteiger partial charge in [0, 0.05) is 37.3 Å². The number of carbonyl (C=O) groups excluding carboxylic acids is 4. The van der Waals surface area contributed by atoms with Crippen molar-refractivity contribution >= 4 is 23.6 Å². The molecule has 2 heterocycles. The molecule has 8 nitrogen and oxygen atoms in total. The van der Waals surface area contributed by atoms with Crippen LogP contribution in [0.4, 0.5) is 0 Å². The SMILES string of the molecule is C=C(C)C(=O)N1CCC(C(=O)NC(C)(C)c2cccc(C(C)(C)NC(=O)C3CCN(C(=O)C(=C)C)C3)c2)C1. The van der Waals surface area contributed by atoms with Gasteiger partial charge in [0.2, 0.25) is 23.6 Å². The summed E-state index contributed by atoms with van der Waals surface area (Å²) in [5, 5.41) is 6.32. The van der Waals surface area contributed by atoms with Gasteiger partial charge < -0.3 is 20.4 Å². The van der Waals surface area contributed by atoms with Crippen LogP contribution in [0.5, 0.6) is 0 Å². The minimum atomic E-state index is -0.659. The first-order chi connectivity index (χ1) is 17.6. The van der Waals surface area contributed by atoms with Crippen LogP contribution in [0.1, 0.15) is 65.5 Å². The molecular formula is C30H42N4O4. The summed E-state index contributed by atoms with van der Waals surface area (Å²) in [4.78, 5) is 54.0. The van der Waals surface area contributed by atoms with Gasteiger partial charge in [-0.2, -0.15) is 0 Å². The number of carbonyl (C=O) groups is 4. The molecule has 2 N–H and O–H groups in total. The fourth-order valence-electron chi connectivity index (χ4n) is 5.12. The van der Waals surface area contributed by atoms with Crippen molar-refractivity contribution in [1.82, 2.24) is 20.4 Å². The van der Waals surface area contributed by atoms with Crippen LogP contribution in [0.3, 0.4) is 0 Å². The number of amides is 4. The highest BCUT2D eigenvalue weighted by atomic mass is 16.2. The summed E-state index contributed by atoms with van der Waals surface area (Å²) < 4.78 is 0. The van der Waals surface area contributed by atoms with Crippen LogP contribution in [0, 0.1) is 11.8 Å². The summed E-state index contributed by atoms with van der Waals surface area (Å²) in [6.07, 6.45) is 1.24. The second kappa shape index (κ2) is 11.1. The molecule has 3 rings (SSSR count). The van der Waals surface area contributed by atoms with Gasteiger partial charge in [0.05, 0.1) is 22.9 Å². The molecule has 0 bridgehead atoms. The van der Waals surface area contributed by atoms with Gasteiger partial charge in [-0.05, 0) is 65.5 Å². The zero-order chi connectivity index (χ0) is 28.4. The molecule has 4 amide bonds. The Morgan fingerprint density at radius 2 is 1.13 bits per heavy atom. The zero-order valence-corrected chi connectivity index (χ0v) is 23.6. The van der Waals surface area contributed by atoms with Crippen molar-refractivity contribution in [2.75, 3.05) is 26.2 Å². The topological polar surface area (TPSA) is 98.8 Å². The molecule has 2 unspecified atom stereocenters. The number of nitrogens with one attached hydrogen (secondary N) is 2. The monoisotopic (exact) mass is 522 g/mol. The zero-order valence-electron chi connectivity index (χ0n) is 23.6. The lowest BCUT2D eigenvalue weighted by molar-refractivity contribution is -0.129. The second-order valence-electron chi connectivity index (χ2n) is 11.8. The summed E-state index contributed by atoms with van der Waals surface area (Å²) in [5.74, 6) is -0.910. The second-order valence-corrected chi connectivity index (χ2v) is 11.8. The minimum absolute atomic E-state index is 0.0833. The number of nitrogens with zero attached hydrogens (tertiary/aromatic N) is 2. The molecule has 2 aliphatic heterocycles. The van der Waals surface area contributed by atoms with Crippen LogP contribution in [0.15, 0.2) is 48.6 Å². The van der Waals surface area contributed by atoms with E-state index in [1.54, 1.807) is 23.6 Å². The minimum Gasteiger partial charge on any atom is -0.347 e. The highest BCUT2D eigenvalue weighted by Gasteiger charge is 2.36. The lowest BCUT2D eigenvalue weighted by Gasteiger charge is -2.32. The average molecular weight is 523 g/mol. The summed E-state index contributed by atoms with van der Waals surface area (Å²) in [5.41, 5.74) is 1.46. The number of hydrogen-bond donors (Lipinski definition) is 2. The van der Waals surface area contributed by atoms with Crippen molar-refractivity contribution in [3.05, 3.63) is 59.7 Å². The Kier molecular flexibility index (Phi) is 8.54. The van der Waals surface area contributed by atoms with Crippen molar-refractivity contribution in [3.8, 4) is 0 Å². The van der Waals surface area contributed by atoms with Crippen LogP contribution < -0.4 is 10.6 Å². The van der Waals surface area contributed by atoms with Gasteiger partial charge in [0.1, 0.15) is 0 Å². The molecule has 38 heavy (non-hydrogen) atoms. The van der Waals surface area contributed by atoms with E-state index < -0.39 is 11.1 Å². The fraction of sp³-hybridized carbons (Fsp3) is 0.533. The number of likely N-dealkylation sites (tertiary alicyclic amines) is 2. The van der Waals surface area contributed by atoms with Crippen molar-refractivity contribution in [1.29, 1.82) is 0 Å². The van der Waals surface area contributed by atoms with Crippen LogP contribution in [0.25, 0.3) is 0 Å². The maximum Gasteiger partial charge on any atom is 0.248 e. The van der Waals surface area contributed by atoms with Crippen LogP contribution in [-0.2, 0) is 30.3 Å². The molecule has 2 saturated heterocycles. The largest absolute Gasteiger partial charge is 0.347 e. The lowest BCUT2D eigenvalue weighted by Crippen LogP contribution is -2.46. The molecule has 2 fully saturated rings. The highest BCUT2D eigenvalue weighted by molar-refractivity contribution is 5.93. The number of rotatable bonds is 8. The third kappa shape index (κ3) is 6.52. The maximum atomic E-state index is 13.1. The Morgan fingerprint density at radius 3 is 1.47 bits per heavy atom. The predicted octanol–water partition coefficient (Wildman–Crippen LogP) is 3.24. The van der Waals surface area contributed by atoms with E-state index >= 15 is 0 Å². The molecule has 0 aliphatic carbocycles. The van der Waals surface area contributed by atoms with E-state index in [4.69, 9.17) is 0 Å². The molecule has 1 aromatic carbocycles. The highest BCUT2D eigenvalue weighted by Crippen LogP contribution is 2.29. The Balaban J connectivity index is 1.66. The molecular weight excluding hydrogens is 480 g/mol. The molecule has 2 atom stereocenters. The fourth-order valence-corrected chi connectivity index (χ4v) is 5.12. The molecule has 0 saturated carbocycles. The van der Waals surface area contributed by atoms with Crippen LogP contribution in [-0.4, -0.2) is 59.6 Å². The first-order valence-corrected chi connectivity index (χ1v) is 13.3. The van der Waals surface area contributed by atoms with E-state index in [1.807, 2.05) is 52.0 Å². The van der Waals surface area contributed by atoms with Gasteiger partial charge in [0.25, 0.3) is 0 Å². The quantitative estimate of drug-likeness (QED) is 0.512. The Hall–Kier alpha value is -3.42. The molecule has 0 radical (unpaired) electrons. The first-order valence-electron chi connectivity index (χ1n) is 13.3. The summed E-state index contributed by atoms with van der Waals surface area (Å²) >= 11 is 0. The van der Waals surface area contributed by atoms with Crippen molar-refractivity contribution < 1.29 is 19.2 Å². The summed E-state index contributed by atoms with van der Waals surface area (Å²) in [7, 11) is 0. The van der Waals surface area contributed by atoms with Crippen molar-refractivity contribution in [2.45, 2.75) is 65.5 Å². The number of benzene rings is 1. The standard InChI is InChI=1S/C30H42N4O4/c1-19(2)27(37)33-14-12-21(17-33)25(35)31-29(5,6)23-10-9-11-24(16-23)30(7,8)32-26(36)22-13-15-34(18-22)28(38)20(3)4/h9-11,16,21-22H,1,3,12-15,17-18H2,2,4-8H3,(H,31,35)(H,32,36). The van der Waals surface area contributed by atoms with E-state index in [-0.39, 0.29) is 35.5 Å². The third-order valence-electron chi connectivity index (χ3n) is 7.60. The number of hydrogen-bond acceptors (Lipinski definition) is 4. The van der Waals surface area contributed by atoms with Gasteiger partial charge in [0.15, 0.2) is 0 Å². The van der Waals surface area contributed by atoms with E-state index in [0.717, 1.165) is 11.1 Å². The van der Waals surface area contributed by atoms with Gasteiger partial charge in [-0.3, -0.25) is 19.2 Å². The molecule has 1 aromatic rings. The first kappa shape index (κ1) is 29.1. The molecule has 2 aliphatic rings. The third-order valence-corrected chi connectivity index (χ3v) is 7.60. The van der Waals surface area contributed by atoms with Gasteiger partial charge in [-0.1, -0.05) is 37.4 Å². The van der Waals surface area contributed by atoms with E-state index in [0.29, 0.717) is 50.2 Å². The van der Waals surface area contributed by atoms with E-state index in [9.17, 15) is 19.2 Å². The van der Waals surface area contributed by atoms with E-state index in [2.05, 4.69) is 23.8 Å². The predicted molar refractivity (Wildman–Crippen MR) is 148 cm³/mol. The Bertz CT molecular complexity index is 1070. The van der Waals surface area contributed by atoms with Crippen LogP contribution in [0.2, 0.25) is 0 Å². The van der Waals surface area contributed by atoms with Crippen molar-refractivity contribution in [2.24, 2.45) is 11.8 Å². The van der Waals surface area contributed by atoms with E-state index in [1.165, 1.54) is 0 Å². The lowest BCUT2D eigenvalue weighted by atomic mass is 9.86. The summed E-state index contributed by atoms with van der Waals surface area (Å²) in [6, 6.07) is 7.87. The van der Waals surface area contributed by atoms with Gasteiger partial charge in [-0.15, -0.1) is 0 Å². The Morgan fingerprint density at radius 1 is 0.763 bits per heavy atom. The average Bonchev–Trinajstić information content (AvgIpc) is 3.53. The Labute approximate surface area is 226 Å². The molecule has 8 heteroatoms. The van der Waals surface area contributed by atoms with Crippen LogP contribution >= 0.6 is 0 Å². The van der Waals surface area contributed by atoms with Gasteiger partial charge >= 0.3 is 0 Å². The molecule has 206 valence electrons. The molecule has 0 spiro atoms. The smallest absolute Gasteiger partial charge is 0.248 e. The molecule has 0 aromatic heterocycles. The van der Waals surface area contributed by atoms with Gasteiger partial charge in [-0.25, -0.2) is 0 Å². The maximum absolute atomic E-state index is 13.1. The summed E-state index contributed by atoms with van der Waals surface area (Å²) in [6.45, 7) is 20.5.